The summed E-state index contributed by atoms with van der Waals surface area (Å²) in [5.41, 5.74) is 14.3. The fraction of sp³-hybridized carbons (Fsp3) is 0.333. The average Bonchev–Trinajstić information content (AvgIpc) is 2.76. The van der Waals surface area contributed by atoms with Crippen LogP contribution in [0.3, 0.4) is 0 Å². The van der Waals surface area contributed by atoms with E-state index in [1.165, 1.54) is 0 Å². The Bertz CT molecular complexity index is 634. The number of phenolic OH excluding ortho intramolecular Hbond substituents is 1. The highest BCUT2D eigenvalue weighted by atomic mass is 16.3. The number of para-hydroxylation sites is 1. The van der Waals surface area contributed by atoms with Crippen LogP contribution in [0, 0.1) is 5.92 Å². The molecule has 2 rings (SSSR count). The molecule has 1 atom stereocenters. The lowest BCUT2D eigenvalue weighted by molar-refractivity contribution is 0.334. The van der Waals surface area contributed by atoms with E-state index in [9.17, 15) is 5.11 Å². The zero-order valence-electron chi connectivity index (χ0n) is 13.8. The number of nitrogens with one attached hydrogen (secondary N) is 1. The van der Waals surface area contributed by atoms with E-state index in [0.29, 0.717) is 23.0 Å². The highest BCUT2D eigenvalue weighted by Gasteiger charge is 2.16. The molecule has 0 spiro atoms. The summed E-state index contributed by atoms with van der Waals surface area (Å²) in [6.45, 7) is 3.90. The van der Waals surface area contributed by atoms with Gasteiger partial charge in [-0.15, -0.1) is 0 Å². The molecular formula is C18H26N4O. The molecule has 0 amide bonds. The quantitative estimate of drug-likeness (QED) is 0.504. The van der Waals surface area contributed by atoms with E-state index in [-0.39, 0.29) is 5.75 Å². The fourth-order valence-corrected chi connectivity index (χ4v) is 2.66. The van der Waals surface area contributed by atoms with Crippen molar-refractivity contribution in [3.8, 4) is 5.75 Å². The normalized spacial score (nSPS) is 20.0. The van der Waals surface area contributed by atoms with Gasteiger partial charge in [-0.05, 0) is 30.5 Å². The Hall–Kier alpha value is -2.56. The van der Waals surface area contributed by atoms with Gasteiger partial charge in [-0.3, -0.25) is 0 Å². The molecule has 1 heterocycles. The van der Waals surface area contributed by atoms with E-state index < -0.39 is 0 Å². The van der Waals surface area contributed by atoms with Gasteiger partial charge in [-0.1, -0.05) is 31.2 Å². The molecule has 0 saturated carbocycles. The number of hydrogen-bond donors (Lipinski definition) is 4. The van der Waals surface area contributed by atoms with Crippen molar-refractivity contribution in [1.82, 2.24) is 10.2 Å². The molecule has 1 aromatic carbocycles. The van der Waals surface area contributed by atoms with Gasteiger partial charge in [0.1, 0.15) is 11.6 Å². The van der Waals surface area contributed by atoms with E-state index in [4.69, 9.17) is 11.5 Å². The third-order valence-corrected chi connectivity index (χ3v) is 3.96. The molecule has 6 N–H and O–H groups in total. The fourth-order valence-electron chi connectivity index (χ4n) is 2.66. The van der Waals surface area contributed by atoms with Gasteiger partial charge in [0, 0.05) is 31.4 Å². The average molecular weight is 314 g/mol. The van der Waals surface area contributed by atoms with Crippen LogP contribution in [0.15, 0.2) is 54.0 Å². The number of allylic oxidation sites excluding steroid dienone is 2. The number of benzene rings is 1. The van der Waals surface area contributed by atoms with Crippen molar-refractivity contribution in [3.63, 3.8) is 0 Å². The van der Waals surface area contributed by atoms with Crippen molar-refractivity contribution >= 4 is 5.70 Å². The first-order chi connectivity index (χ1) is 11.0. The van der Waals surface area contributed by atoms with Gasteiger partial charge >= 0.3 is 0 Å². The predicted molar refractivity (Wildman–Crippen MR) is 95.0 cm³/mol. The van der Waals surface area contributed by atoms with Gasteiger partial charge in [-0.2, -0.15) is 0 Å². The smallest absolute Gasteiger partial charge is 0.124 e. The van der Waals surface area contributed by atoms with E-state index >= 15 is 0 Å². The van der Waals surface area contributed by atoms with Crippen LogP contribution in [-0.2, 0) is 0 Å². The van der Waals surface area contributed by atoms with Gasteiger partial charge < -0.3 is 26.8 Å². The number of nitrogens with two attached hydrogens (primary N) is 2. The van der Waals surface area contributed by atoms with Gasteiger partial charge in [0.2, 0.25) is 0 Å². The summed E-state index contributed by atoms with van der Waals surface area (Å²) in [6.07, 6.45) is 7.24. The highest BCUT2D eigenvalue weighted by molar-refractivity contribution is 5.69. The number of aromatic hydroxyl groups is 1. The molecule has 1 aromatic rings. The number of phenols is 1. The first-order valence-corrected chi connectivity index (χ1v) is 7.86. The lowest BCUT2D eigenvalue weighted by atomic mass is 10.1. The zero-order chi connectivity index (χ0) is 16.8. The molecule has 5 heteroatoms. The van der Waals surface area contributed by atoms with E-state index in [2.05, 4.69) is 29.3 Å². The van der Waals surface area contributed by atoms with Crippen molar-refractivity contribution in [2.24, 2.45) is 17.4 Å². The van der Waals surface area contributed by atoms with Crippen LogP contribution in [-0.4, -0.2) is 30.1 Å². The Kier molecular flexibility index (Phi) is 5.57. The van der Waals surface area contributed by atoms with Crippen molar-refractivity contribution in [2.45, 2.75) is 13.3 Å². The van der Waals surface area contributed by atoms with Gasteiger partial charge in [0.25, 0.3) is 0 Å². The largest absolute Gasteiger partial charge is 0.507 e. The van der Waals surface area contributed by atoms with Gasteiger partial charge in [-0.25, -0.2) is 0 Å². The molecule has 0 bridgehead atoms. The minimum atomic E-state index is 0.160. The Morgan fingerprint density at radius 1 is 1.30 bits per heavy atom. The van der Waals surface area contributed by atoms with Crippen LogP contribution in [0.1, 0.15) is 18.9 Å². The Labute approximate surface area is 138 Å². The molecule has 23 heavy (non-hydrogen) atoms. The molecule has 0 radical (unpaired) electrons. The maximum atomic E-state index is 9.98. The lowest BCUT2D eigenvalue weighted by Gasteiger charge is -2.27. The third kappa shape index (κ3) is 4.22. The maximum absolute atomic E-state index is 9.98. The maximum Gasteiger partial charge on any atom is 0.124 e. The molecule has 5 nitrogen and oxygen atoms in total. The van der Waals surface area contributed by atoms with Crippen LogP contribution >= 0.6 is 0 Å². The topological polar surface area (TPSA) is 87.5 Å². The van der Waals surface area contributed by atoms with Crippen molar-refractivity contribution in [2.75, 3.05) is 20.1 Å². The molecule has 0 aliphatic carbocycles. The molecule has 1 unspecified atom stereocenters. The minimum Gasteiger partial charge on any atom is -0.507 e. The summed E-state index contributed by atoms with van der Waals surface area (Å²) in [4.78, 5) is 2.20. The van der Waals surface area contributed by atoms with Crippen LogP contribution in [0.25, 0.3) is 5.70 Å². The SMILES string of the molecule is CN/C(N)=C(/C=C(\N)c1ccccc1O)N1CC=CCC(C)C1. The zero-order valence-corrected chi connectivity index (χ0v) is 13.8. The number of rotatable bonds is 4. The molecule has 0 aromatic heterocycles. The Balaban J connectivity index is 2.38. The highest BCUT2D eigenvalue weighted by Crippen LogP contribution is 2.24. The van der Waals surface area contributed by atoms with Crippen LogP contribution in [0.5, 0.6) is 5.75 Å². The van der Waals surface area contributed by atoms with Gasteiger partial charge in [0.15, 0.2) is 0 Å². The Morgan fingerprint density at radius 2 is 2.04 bits per heavy atom. The predicted octanol–water partition coefficient (Wildman–Crippen LogP) is 1.94. The third-order valence-electron chi connectivity index (χ3n) is 3.96. The summed E-state index contributed by atoms with van der Waals surface area (Å²) in [7, 11) is 1.79. The first-order valence-electron chi connectivity index (χ1n) is 7.86. The molecular weight excluding hydrogens is 288 g/mol. The van der Waals surface area contributed by atoms with Crippen molar-refractivity contribution < 1.29 is 5.11 Å². The van der Waals surface area contributed by atoms with E-state index in [1.54, 1.807) is 25.2 Å². The summed E-state index contributed by atoms with van der Waals surface area (Å²) in [5, 5.41) is 13.0. The lowest BCUT2D eigenvalue weighted by Crippen LogP contribution is -2.32. The second-order valence-electron chi connectivity index (χ2n) is 5.88. The second-order valence-corrected chi connectivity index (χ2v) is 5.88. The first kappa shape index (κ1) is 16.8. The molecule has 1 aliphatic heterocycles. The van der Waals surface area contributed by atoms with Gasteiger partial charge in [0.05, 0.1) is 5.70 Å². The molecule has 1 aliphatic rings. The summed E-state index contributed by atoms with van der Waals surface area (Å²) < 4.78 is 0. The number of nitrogens with zero attached hydrogens (tertiary/aromatic N) is 1. The van der Waals surface area contributed by atoms with Crippen LogP contribution < -0.4 is 16.8 Å². The molecule has 124 valence electrons. The number of hydrogen-bond acceptors (Lipinski definition) is 5. The second kappa shape index (κ2) is 7.63. The molecule has 0 fully saturated rings. The summed E-state index contributed by atoms with van der Waals surface area (Å²) >= 11 is 0. The summed E-state index contributed by atoms with van der Waals surface area (Å²) in [6, 6.07) is 7.03. The minimum absolute atomic E-state index is 0.160. The standard InChI is InChI=1S/C18H26N4O/c1-13-7-5-6-10-22(12-13)16(18(20)21-2)11-15(19)14-8-3-4-9-17(14)23/h3-6,8-9,11,13,21,23H,7,10,12,19-20H2,1-2H3/b15-11-,18-16-. The van der Waals surface area contributed by atoms with Crippen LogP contribution in [0.2, 0.25) is 0 Å². The van der Waals surface area contributed by atoms with Crippen molar-refractivity contribution in [1.29, 1.82) is 0 Å². The molecule has 0 saturated heterocycles. The van der Waals surface area contributed by atoms with E-state index in [1.807, 2.05) is 12.1 Å². The van der Waals surface area contributed by atoms with Crippen molar-refractivity contribution in [3.05, 3.63) is 59.6 Å². The summed E-state index contributed by atoms with van der Waals surface area (Å²) in [5.74, 6) is 1.26. The monoisotopic (exact) mass is 314 g/mol. The van der Waals surface area contributed by atoms with Crippen LogP contribution in [0.4, 0.5) is 0 Å². The van der Waals surface area contributed by atoms with E-state index in [0.717, 1.165) is 25.2 Å². The Morgan fingerprint density at radius 3 is 2.74 bits per heavy atom.